The van der Waals surface area contributed by atoms with Gasteiger partial charge in [-0.15, -0.1) is 22.7 Å². The van der Waals surface area contributed by atoms with E-state index in [0.717, 1.165) is 45.8 Å². The van der Waals surface area contributed by atoms with Gasteiger partial charge in [-0.2, -0.15) is 0 Å². The number of carbonyl (C=O) groups excluding carboxylic acids is 2. The first-order chi connectivity index (χ1) is 13.0. The summed E-state index contributed by atoms with van der Waals surface area (Å²) in [6.07, 6.45) is 3.95. The summed E-state index contributed by atoms with van der Waals surface area (Å²) in [7, 11) is 0. The van der Waals surface area contributed by atoms with Gasteiger partial charge in [0.05, 0.1) is 21.5 Å². The molecule has 0 saturated heterocycles. The number of amides is 2. The van der Waals surface area contributed by atoms with Crippen LogP contribution in [-0.4, -0.2) is 22.6 Å². The largest absolute Gasteiger partial charge is 0.365 e. The molecule has 0 saturated carbocycles. The Morgan fingerprint density at radius 2 is 2.07 bits per heavy atom. The third-order valence-corrected chi connectivity index (χ3v) is 7.95. The summed E-state index contributed by atoms with van der Waals surface area (Å²) in [4.78, 5) is 30.0. The number of aryl methyl sites for hydroxylation is 1. The Labute approximate surface area is 173 Å². The second-order valence-electron chi connectivity index (χ2n) is 6.21. The number of thioether (sulfide) groups is 1. The van der Waals surface area contributed by atoms with E-state index in [1.165, 1.54) is 39.3 Å². The van der Waals surface area contributed by atoms with E-state index in [4.69, 9.17) is 17.3 Å². The molecule has 9 heteroatoms. The minimum Gasteiger partial charge on any atom is -0.365 e. The summed E-state index contributed by atoms with van der Waals surface area (Å²) in [5.74, 6) is -0.423. The smallest absolute Gasteiger partial charge is 0.251 e. The maximum absolute atomic E-state index is 12.4. The number of nitrogens with one attached hydrogen (secondary N) is 1. The van der Waals surface area contributed by atoms with Gasteiger partial charge in [0.15, 0.2) is 4.34 Å². The van der Waals surface area contributed by atoms with Crippen LogP contribution >= 0.6 is 46.0 Å². The zero-order valence-corrected chi connectivity index (χ0v) is 17.4. The average Bonchev–Trinajstić information content (AvgIpc) is 3.19. The highest BCUT2D eigenvalue weighted by Gasteiger charge is 2.25. The Kier molecular flexibility index (Phi) is 5.41. The monoisotopic (exact) mass is 437 g/mol. The summed E-state index contributed by atoms with van der Waals surface area (Å²) in [6.45, 7) is 0. The number of thiophene rings is 1. The van der Waals surface area contributed by atoms with Crippen LogP contribution in [0.25, 0.3) is 10.2 Å². The van der Waals surface area contributed by atoms with E-state index >= 15 is 0 Å². The van der Waals surface area contributed by atoms with Crippen LogP contribution in [0.4, 0.5) is 5.00 Å². The molecule has 5 nitrogen and oxygen atoms in total. The summed E-state index contributed by atoms with van der Waals surface area (Å²) >= 11 is 10.4. The van der Waals surface area contributed by atoms with Crippen molar-refractivity contribution in [3.63, 3.8) is 0 Å². The van der Waals surface area contributed by atoms with Crippen molar-refractivity contribution in [2.24, 2.45) is 5.73 Å². The van der Waals surface area contributed by atoms with Gasteiger partial charge in [-0.3, -0.25) is 9.59 Å². The highest BCUT2D eigenvalue weighted by atomic mass is 35.5. The van der Waals surface area contributed by atoms with E-state index < -0.39 is 5.91 Å². The number of hydrogen-bond donors (Lipinski definition) is 2. The van der Waals surface area contributed by atoms with Crippen LogP contribution in [0.3, 0.4) is 0 Å². The number of aromatic nitrogens is 1. The molecule has 27 heavy (non-hydrogen) atoms. The molecule has 2 aromatic heterocycles. The Bertz CT molecular complexity index is 1040. The molecule has 4 rings (SSSR count). The molecule has 140 valence electrons. The van der Waals surface area contributed by atoms with Gasteiger partial charge in [-0.05, 0) is 49.4 Å². The lowest BCUT2D eigenvalue weighted by Gasteiger charge is -2.11. The van der Waals surface area contributed by atoms with Gasteiger partial charge >= 0.3 is 0 Å². The molecule has 0 radical (unpaired) electrons. The number of nitrogens with zero attached hydrogens (tertiary/aromatic N) is 1. The number of hydrogen-bond acceptors (Lipinski definition) is 6. The van der Waals surface area contributed by atoms with Crippen LogP contribution < -0.4 is 11.1 Å². The second kappa shape index (κ2) is 7.79. The SMILES string of the molecule is NC(=O)c1c(NC(=O)CSc2nc3cc(Cl)ccc3s2)sc2c1CCCC2. The number of rotatable bonds is 5. The van der Waals surface area contributed by atoms with Crippen LogP contribution in [0.15, 0.2) is 22.5 Å². The lowest BCUT2D eigenvalue weighted by molar-refractivity contribution is -0.113. The van der Waals surface area contributed by atoms with E-state index in [0.29, 0.717) is 15.6 Å². The van der Waals surface area contributed by atoms with Crippen molar-refractivity contribution in [2.75, 3.05) is 11.1 Å². The van der Waals surface area contributed by atoms with Crippen molar-refractivity contribution < 1.29 is 9.59 Å². The molecule has 0 unspecified atom stereocenters. The van der Waals surface area contributed by atoms with Gasteiger partial charge in [0.2, 0.25) is 5.91 Å². The number of thiazole rings is 1. The van der Waals surface area contributed by atoms with Gasteiger partial charge in [0.25, 0.3) is 5.91 Å². The first kappa shape index (κ1) is 18.7. The highest BCUT2D eigenvalue weighted by Crippen LogP contribution is 2.38. The minimum atomic E-state index is -0.472. The first-order valence-electron chi connectivity index (χ1n) is 8.44. The van der Waals surface area contributed by atoms with Gasteiger partial charge in [0.1, 0.15) is 5.00 Å². The fourth-order valence-corrected chi connectivity index (χ4v) is 6.47. The van der Waals surface area contributed by atoms with E-state index in [1.807, 2.05) is 18.2 Å². The van der Waals surface area contributed by atoms with Gasteiger partial charge in [-0.1, -0.05) is 23.4 Å². The molecule has 1 aliphatic rings. The van der Waals surface area contributed by atoms with Crippen molar-refractivity contribution >= 4 is 73.1 Å². The predicted octanol–water partition coefficient (Wildman–Crippen LogP) is 4.72. The van der Waals surface area contributed by atoms with Crippen molar-refractivity contribution in [2.45, 2.75) is 30.0 Å². The molecule has 2 amide bonds. The zero-order chi connectivity index (χ0) is 19.0. The van der Waals surface area contributed by atoms with E-state index in [1.54, 1.807) is 0 Å². The van der Waals surface area contributed by atoms with Crippen LogP contribution in [0.5, 0.6) is 0 Å². The van der Waals surface area contributed by atoms with E-state index in [2.05, 4.69) is 10.3 Å². The number of carbonyl (C=O) groups is 2. The zero-order valence-electron chi connectivity index (χ0n) is 14.2. The maximum Gasteiger partial charge on any atom is 0.251 e. The standard InChI is InChI=1S/C18H16ClN3O2S3/c19-9-5-6-13-11(7-9)21-18(27-13)25-8-14(23)22-17-15(16(20)24)10-3-1-2-4-12(10)26-17/h5-7H,1-4,8H2,(H2,20,24)(H,22,23). The molecule has 3 N–H and O–H groups in total. The van der Waals surface area contributed by atoms with Gasteiger partial charge < -0.3 is 11.1 Å². The fraction of sp³-hybridized carbons (Fsp3) is 0.278. The lowest BCUT2D eigenvalue weighted by Crippen LogP contribution is -2.19. The third-order valence-electron chi connectivity index (χ3n) is 4.33. The molecule has 0 aliphatic heterocycles. The Morgan fingerprint density at radius 1 is 1.26 bits per heavy atom. The topological polar surface area (TPSA) is 85.1 Å². The highest BCUT2D eigenvalue weighted by molar-refractivity contribution is 8.01. The number of benzene rings is 1. The Balaban J connectivity index is 1.46. The van der Waals surface area contributed by atoms with E-state index in [9.17, 15) is 9.59 Å². The molecule has 0 atom stereocenters. The Morgan fingerprint density at radius 3 is 2.89 bits per heavy atom. The third kappa shape index (κ3) is 3.99. The summed E-state index contributed by atoms with van der Waals surface area (Å²) in [5, 5.41) is 4.10. The predicted molar refractivity (Wildman–Crippen MR) is 113 cm³/mol. The minimum absolute atomic E-state index is 0.168. The normalized spacial score (nSPS) is 13.5. The maximum atomic E-state index is 12.4. The van der Waals surface area contributed by atoms with Crippen LogP contribution in [0, 0.1) is 0 Å². The van der Waals surface area contributed by atoms with Crippen molar-refractivity contribution in [3.8, 4) is 0 Å². The molecule has 3 aromatic rings. The van der Waals surface area contributed by atoms with Crippen molar-refractivity contribution in [3.05, 3.63) is 39.2 Å². The number of fused-ring (bicyclic) bond motifs is 2. The number of nitrogens with two attached hydrogens (primary N) is 1. The van der Waals surface area contributed by atoms with Gasteiger partial charge in [-0.25, -0.2) is 4.98 Å². The molecule has 1 aliphatic carbocycles. The molecular weight excluding hydrogens is 422 g/mol. The number of anilines is 1. The van der Waals surface area contributed by atoms with E-state index in [-0.39, 0.29) is 11.7 Å². The molecule has 0 spiro atoms. The lowest BCUT2D eigenvalue weighted by atomic mass is 9.95. The summed E-state index contributed by atoms with van der Waals surface area (Å²) in [5.41, 5.74) is 7.91. The van der Waals surface area contributed by atoms with Crippen molar-refractivity contribution in [1.29, 1.82) is 0 Å². The fourth-order valence-electron chi connectivity index (χ4n) is 3.15. The molecule has 1 aromatic carbocycles. The molecular formula is C18H16ClN3O2S3. The van der Waals surface area contributed by atoms with Crippen molar-refractivity contribution in [1.82, 2.24) is 4.98 Å². The quantitative estimate of drug-likeness (QED) is 0.565. The summed E-state index contributed by atoms with van der Waals surface area (Å²) in [6, 6.07) is 5.56. The molecule has 0 fully saturated rings. The van der Waals surface area contributed by atoms with Crippen LogP contribution in [0.2, 0.25) is 5.02 Å². The Hall–Kier alpha value is -1.61. The van der Waals surface area contributed by atoms with Crippen LogP contribution in [-0.2, 0) is 17.6 Å². The average molecular weight is 438 g/mol. The van der Waals surface area contributed by atoms with Crippen LogP contribution in [0.1, 0.15) is 33.6 Å². The molecule has 2 heterocycles. The first-order valence-corrected chi connectivity index (χ1v) is 11.4. The second-order valence-corrected chi connectivity index (χ2v) is 10.0. The number of primary amides is 1. The van der Waals surface area contributed by atoms with Gasteiger partial charge in [0, 0.05) is 9.90 Å². The molecule has 0 bridgehead atoms. The summed E-state index contributed by atoms with van der Waals surface area (Å²) < 4.78 is 1.84. The number of halogens is 1.